The number of amides is 1. The number of aryl methyl sites for hydroxylation is 2. The molecule has 0 aliphatic carbocycles. The Morgan fingerprint density at radius 1 is 1.82 bits per heavy atom. The molecule has 0 bridgehead atoms. The minimum atomic E-state index is -0.696. The Morgan fingerprint density at radius 3 is 2.55 bits per heavy atom. The van der Waals surface area contributed by atoms with Crippen LogP contribution in [0.5, 0.6) is 5.88 Å². The summed E-state index contributed by atoms with van der Waals surface area (Å²) in [5, 5.41) is 11.1. The second kappa shape index (κ2) is 2.26. The average molecular weight is 155 g/mol. The van der Waals surface area contributed by atoms with Crippen molar-refractivity contribution in [3.8, 4) is 5.88 Å². The summed E-state index contributed by atoms with van der Waals surface area (Å²) in [6, 6.07) is 0. The third-order valence-corrected chi connectivity index (χ3v) is 1.46. The average Bonchev–Trinajstić information content (AvgIpc) is 2.07. The van der Waals surface area contributed by atoms with Gasteiger partial charge in [-0.1, -0.05) is 0 Å². The number of nitrogens with two attached hydrogens (primary N) is 1. The maximum atomic E-state index is 11.1. The van der Waals surface area contributed by atoms with Gasteiger partial charge in [0.1, 0.15) is 5.88 Å². The zero-order valence-electron chi connectivity index (χ0n) is 6.37. The summed E-state index contributed by atoms with van der Waals surface area (Å²) in [6.07, 6.45) is 1.50. The fourth-order valence-electron chi connectivity index (χ4n) is 0.967. The van der Waals surface area contributed by atoms with Gasteiger partial charge < -0.3 is 10.8 Å². The first-order valence-electron chi connectivity index (χ1n) is 3.05. The van der Waals surface area contributed by atoms with Crippen molar-refractivity contribution in [3.05, 3.63) is 12.0 Å². The van der Waals surface area contributed by atoms with E-state index < -0.39 is 5.91 Å². The SMILES string of the molecule is Cn1c[n+](C)c([O-])c1C(N)=O. The Kier molecular flexibility index (Phi) is 1.56. The van der Waals surface area contributed by atoms with Gasteiger partial charge in [0.05, 0.1) is 14.1 Å². The molecule has 1 heterocycles. The van der Waals surface area contributed by atoms with Crippen LogP contribution in [0.3, 0.4) is 0 Å². The third kappa shape index (κ3) is 1.04. The zero-order chi connectivity index (χ0) is 8.59. The predicted molar refractivity (Wildman–Crippen MR) is 34.6 cm³/mol. The van der Waals surface area contributed by atoms with Crippen molar-refractivity contribution < 1.29 is 14.5 Å². The molecule has 0 fully saturated rings. The molecule has 0 spiro atoms. The van der Waals surface area contributed by atoms with Gasteiger partial charge >= 0.3 is 0 Å². The third-order valence-electron chi connectivity index (χ3n) is 1.46. The van der Waals surface area contributed by atoms with Crippen molar-refractivity contribution >= 4 is 5.91 Å². The Labute approximate surface area is 63.7 Å². The lowest BCUT2D eigenvalue weighted by Gasteiger charge is -1.99. The number of carbonyl (C=O) groups excluding carboxylic acids is 1. The molecule has 5 heteroatoms. The molecule has 0 aliphatic heterocycles. The molecule has 1 amide bonds. The molecular weight excluding hydrogens is 146 g/mol. The van der Waals surface area contributed by atoms with E-state index in [2.05, 4.69) is 0 Å². The number of aromatic nitrogens is 2. The van der Waals surface area contributed by atoms with Gasteiger partial charge in [-0.2, -0.15) is 0 Å². The number of nitrogens with zero attached hydrogens (tertiary/aromatic N) is 2. The van der Waals surface area contributed by atoms with Crippen LogP contribution in [0.4, 0.5) is 0 Å². The second-order valence-electron chi connectivity index (χ2n) is 2.36. The Balaban J connectivity index is 3.34. The van der Waals surface area contributed by atoms with Crippen LogP contribution in [0.25, 0.3) is 0 Å². The fraction of sp³-hybridized carbons (Fsp3) is 0.333. The highest BCUT2D eigenvalue weighted by Gasteiger charge is 2.15. The standard InChI is InChI=1S/C6H9N3O2/c1-8-3-9(2)6(11)4(8)5(7)10/h3H,1-2H3,(H2-,7,10,11). The molecule has 0 aromatic carbocycles. The summed E-state index contributed by atoms with van der Waals surface area (Å²) in [4.78, 5) is 10.6. The lowest BCUT2D eigenvalue weighted by atomic mass is 10.4. The molecule has 11 heavy (non-hydrogen) atoms. The van der Waals surface area contributed by atoms with E-state index in [1.807, 2.05) is 0 Å². The van der Waals surface area contributed by atoms with Crippen LogP contribution in [-0.2, 0) is 14.1 Å². The van der Waals surface area contributed by atoms with Crippen molar-refractivity contribution in [2.24, 2.45) is 19.8 Å². The lowest BCUT2D eigenvalue weighted by Crippen LogP contribution is -2.30. The minimum Gasteiger partial charge on any atom is -0.839 e. The molecule has 60 valence electrons. The molecule has 0 radical (unpaired) electrons. The Bertz CT molecular complexity index is 303. The van der Waals surface area contributed by atoms with Crippen molar-refractivity contribution in [2.45, 2.75) is 0 Å². The fourth-order valence-corrected chi connectivity index (χ4v) is 0.967. The van der Waals surface area contributed by atoms with Crippen LogP contribution in [0, 0.1) is 0 Å². The van der Waals surface area contributed by atoms with E-state index in [0.717, 1.165) is 0 Å². The molecule has 0 saturated carbocycles. The quantitative estimate of drug-likeness (QED) is 0.477. The highest BCUT2D eigenvalue weighted by atomic mass is 16.3. The molecule has 2 N–H and O–H groups in total. The normalized spacial score (nSPS) is 10.0. The van der Waals surface area contributed by atoms with Crippen LogP contribution in [0.2, 0.25) is 0 Å². The molecule has 1 rings (SSSR count). The largest absolute Gasteiger partial charge is 0.839 e. The van der Waals surface area contributed by atoms with Crippen LogP contribution >= 0.6 is 0 Å². The molecule has 1 aromatic rings. The van der Waals surface area contributed by atoms with Crippen molar-refractivity contribution in [3.63, 3.8) is 0 Å². The van der Waals surface area contributed by atoms with E-state index >= 15 is 0 Å². The number of hydrogen-bond acceptors (Lipinski definition) is 2. The van der Waals surface area contributed by atoms with E-state index in [1.54, 1.807) is 14.1 Å². The summed E-state index contributed by atoms with van der Waals surface area (Å²) in [7, 11) is 3.16. The van der Waals surface area contributed by atoms with E-state index in [1.165, 1.54) is 15.5 Å². The zero-order valence-corrected chi connectivity index (χ0v) is 6.37. The highest BCUT2D eigenvalue weighted by molar-refractivity contribution is 5.92. The van der Waals surface area contributed by atoms with Gasteiger partial charge in [0.15, 0.2) is 0 Å². The highest BCUT2D eigenvalue weighted by Crippen LogP contribution is 2.04. The van der Waals surface area contributed by atoms with Crippen molar-refractivity contribution in [1.82, 2.24) is 4.57 Å². The summed E-state index contributed by atoms with van der Waals surface area (Å²) in [5.41, 5.74) is 4.96. The molecule has 5 nitrogen and oxygen atoms in total. The summed E-state index contributed by atoms with van der Waals surface area (Å²) >= 11 is 0. The summed E-state index contributed by atoms with van der Waals surface area (Å²) < 4.78 is 2.71. The molecule has 1 aromatic heterocycles. The number of rotatable bonds is 1. The van der Waals surface area contributed by atoms with E-state index in [9.17, 15) is 9.90 Å². The Morgan fingerprint density at radius 2 is 2.36 bits per heavy atom. The van der Waals surface area contributed by atoms with E-state index in [4.69, 9.17) is 5.73 Å². The van der Waals surface area contributed by atoms with Gasteiger partial charge in [-0.15, -0.1) is 0 Å². The first kappa shape index (κ1) is 7.59. The van der Waals surface area contributed by atoms with Gasteiger partial charge in [0.2, 0.25) is 12.0 Å². The van der Waals surface area contributed by atoms with Crippen LogP contribution in [0.15, 0.2) is 6.33 Å². The molecule has 0 aliphatic rings. The van der Waals surface area contributed by atoms with Crippen LogP contribution in [-0.4, -0.2) is 10.5 Å². The van der Waals surface area contributed by atoms with Crippen LogP contribution < -0.4 is 15.4 Å². The van der Waals surface area contributed by atoms with E-state index in [-0.39, 0.29) is 11.6 Å². The monoisotopic (exact) mass is 155 g/mol. The topological polar surface area (TPSA) is 75.0 Å². The second-order valence-corrected chi connectivity index (χ2v) is 2.36. The first-order chi connectivity index (χ1) is 5.04. The Hall–Kier alpha value is -1.52. The predicted octanol–water partition coefficient (Wildman–Crippen LogP) is -1.98. The minimum absolute atomic E-state index is 0.00694. The van der Waals surface area contributed by atoms with Gasteiger partial charge in [0.25, 0.3) is 5.91 Å². The van der Waals surface area contributed by atoms with Crippen LogP contribution in [0.1, 0.15) is 10.5 Å². The maximum Gasteiger partial charge on any atom is 0.291 e. The first-order valence-corrected chi connectivity index (χ1v) is 3.05. The molecule has 0 saturated heterocycles. The van der Waals surface area contributed by atoms with Crippen molar-refractivity contribution in [1.29, 1.82) is 0 Å². The van der Waals surface area contributed by atoms with E-state index in [0.29, 0.717) is 0 Å². The molecule has 0 atom stereocenters. The summed E-state index contributed by atoms with van der Waals surface area (Å²) in [6.45, 7) is 0. The maximum absolute atomic E-state index is 11.1. The lowest BCUT2D eigenvalue weighted by molar-refractivity contribution is -0.712. The number of carbonyl (C=O) groups is 1. The van der Waals surface area contributed by atoms with Gasteiger partial charge in [-0.3, -0.25) is 4.79 Å². The molecule has 0 unspecified atom stereocenters. The van der Waals surface area contributed by atoms with Gasteiger partial charge in [-0.05, 0) is 0 Å². The number of primary amides is 1. The van der Waals surface area contributed by atoms with Gasteiger partial charge in [-0.25, -0.2) is 9.13 Å². The van der Waals surface area contributed by atoms with Crippen molar-refractivity contribution in [2.75, 3.05) is 0 Å². The summed E-state index contributed by atoms with van der Waals surface area (Å²) in [5.74, 6) is -1.06. The number of hydrogen-bond donors (Lipinski definition) is 1. The molecular formula is C6H9N3O2. The smallest absolute Gasteiger partial charge is 0.291 e. The number of imidazole rings is 1. The van der Waals surface area contributed by atoms with Gasteiger partial charge in [0, 0.05) is 0 Å².